The molecular formula is C14H21N3O2. The zero-order valence-corrected chi connectivity index (χ0v) is 11.2. The summed E-state index contributed by atoms with van der Waals surface area (Å²) in [4.78, 5) is 13.9. The Labute approximate surface area is 113 Å². The van der Waals surface area contributed by atoms with Crippen LogP contribution in [0, 0.1) is 0 Å². The quantitative estimate of drug-likeness (QED) is 0.697. The molecule has 2 rings (SSSR count). The summed E-state index contributed by atoms with van der Waals surface area (Å²) in [6, 6.07) is 9.79. The van der Waals surface area contributed by atoms with E-state index in [4.69, 9.17) is 0 Å². The van der Waals surface area contributed by atoms with E-state index in [0.29, 0.717) is 19.5 Å². The van der Waals surface area contributed by atoms with Crippen molar-refractivity contribution in [1.82, 2.24) is 10.6 Å². The number of para-hydroxylation sites is 1. The molecule has 0 bridgehead atoms. The highest BCUT2D eigenvalue weighted by molar-refractivity contribution is 5.82. The number of anilines is 1. The van der Waals surface area contributed by atoms with Crippen LogP contribution in [0.3, 0.4) is 0 Å². The largest absolute Gasteiger partial charge is 0.392 e. The third-order valence-electron chi connectivity index (χ3n) is 3.37. The molecule has 0 radical (unpaired) electrons. The number of carbonyl (C=O) groups is 1. The molecule has 0 aliphatic carbocycles. The highest BCUT2D eigenvalue weighted by atomic mass is 16.3. The van der Waals surface area contributed by atoms with Crippen LogP contribution in [0.5, 0.6) is 0 Å². The van der Waals surface area contributed by atoms with Crippen molar-refractivity contribution < 1.29 is 9.90 Å². The Bertz CT molecular complexity index is 410. The second-order valence-corrected chi connectivity index (χ2v) is 4.90. The highest BCUT2D eigenvalue weighted by Gasteiger charge is 2.27. The minimum absolute atomic E-state index is 0.0296. The third-order valence-corrected chi connectivity index (χ3v) is 3.37. The lowest BCUT2D eigenvalue weighted by Crippen LogP contribution is -2.43. The minimum atomic E-state index is -0.400. The number of aliphatic hydroxyl groups excluding tert-OH is 1. The maximum atomic E-state index is 11.8. The Morgan fingerprint density at radius 2 is 2.21 bits per heavy atom. The van der Waals surface area contributed by atoms with Crippen molar-refractivity contribution in [3.05, 3.63) is 30.3 Å². The number of likely N-dealkylation sites (N-methyl/N-ethyl adjacent to an activating group) is 1. The molecule has 104 valence electrons. The van der Waals surface area contributed by atoms with E-state index in [1.54, 1.807) is 0 Å². The first-order valence-electron chi connectivity index (χ1n) is 6.62. The molecule has 1 fully saturated rings. The first-order valence-corrected chi connectivity index (χ1v) is 6.62. The predicted octanol–water partition coefficient (Wildman–Crippen LogP) is -0.0382. The lowest BCUT2D eigenvalue weighted by Gasteiger charge is -2.20. The molecule has 2 atom stereocenters. The molecule has 1 aliphatic rings. The summed E-state index contributed by atoms with van der Waals surface area (Å²) in [5, 5.41) is 15.3. The van der Waals surface area contributed by atoms with Crippen molar-refractivity contribution >= 4 is 11.6 Å². The first kappa shape index (κ1) is 13.8. The molecular weight excluding hydrogens is 242 g/mol. The van der Waals surface area contributed by atoms with E-state index < -0.39 is 6.10 Å². The highest BCUT2D eigenvalue weighted by Crippen LogP contribution is 2.10. The number of nitrogens with zero attached hydrogens (tertiary/aromatic N) is 1. The second-order valence-electron chi connectivity index (χ2n) is 4.90. The SMILES string of the molecule is CN(CCNC(=O)C1CC(O)CN1)c1ccccc1. The Hall–Kier alpha value is -1.59. The van der Waals surface area contributed by atoms with Crippen molar-refractivity contribution in [2.45, 2.75) is 18.6 Å². The molecule has 5 nitrogen and oxygen atoms in total. The zero-order valence-electron chi connectivity index (χ0n) is 11.2. The fourth-order valence-corrected chi connectivity index (χ4v) is 2.20. The number of rotatable bonds is 5. The topological polar surface area (TPSA) is 64.6 Å². The zero-order chi connectivity index (χ0) is 13.7. The number of hydrogen-bond acceptors (Lipinski definition) is 4. The van der Waals surface area contributed by atoms with Crippen LogP contribution in [0.25, 0.3) is 0 Å². The number of hydrogen-bond donors (Lipinski definition) is 3. The van der Waals surface area contributed by atoms with Gasteiger partial charge in [-0.3, -0.25) is 4.79 Å². The summed E-state index contributed by atoms with van der Waals surface area (Å²) < 4.78 is 0. The molecule has 2 unspecified atom stereocenters. The Morgan fingerprint density at radius 1 is 1.47 bits per heavy atom. The number of benzene rings is 1. The summed E-state index contributed by atoms with van der Waals surface area (Å²) in [7, 11) is 2.00. The maximum absolute atomic E-state index is 11.8. The van der Waals surface area contributed by atoms with Crippen molar-refractivity contribution in [1.29, 1.82) is 0 Å². The van der Waals surface area contributed by atoms with Gasteiger partial charge in [-0.2, -0.15) is 0 Å². The van der Waals surface area contributed by atoms with Gasteiger partial charge in [0.05, 0.1) is 12.1 Å². The van der Waals surface area contributed by atoms with Crippen LogP contribution < -0.4 is 15.5 Å². The molecule has 1 aromatic rings. The average molecular weight is 263 g/mol. The number of nitrogens with one attached hydrogen (secondary N) is 2. The van der Waals surface area contributed by atoms with Gasteiger partial charge in [-0.1, -0.05) is 18.2 Å². The number of aliphatic hydroxyl groups is 1. The normalized spacial score (nSPS) is 22.2. The molecule has 1 heterocycles. The van der Waals surface area contributed by atoms with Gasteiger partial charge in [0, 0.05) is 32.4 Å². The standard InChI is InChI=1S/C14H21N3O2/c1-17(11-5-3-2-4-6-11)8-7-15-14(19)13-9-12(18)10-16-13/h2-6,12-13,16,18H,7-10H2,1H3,(H,15,19). The predicted molar refractivity (Wildman–Crippen MR) is 75.1 cm³/mol. The fraction of sp³-hybridized carbons (Fsp3) is 0.500. The van der Waals surface area contributed by atoms with Gasteiger partial charge >= 0.3 is 0 Å². The molecule has 1 aromatic carbocycles. The second kappa shape index (κ2) is 6.54. The monoisotopic (exact) mass is 263 g/mol. The lowest BCUT2D eigenvalue weighted by atomic mass is 10.2. The van der Waals surface area contributed by atoms with Gasteiger partial charge in [-0.15, -0.1) is 0 Å². The van der Waals surface area contributed by atoms with Crippen molar-refractivity contribution in [2.75, 3.05) is 31.6 Å². The number of carbonyl (C=O) groups excluding carboxylic acids is 1. The van der Waals surface area contributed by atoms with E-state index in [9.17, 15) is 9.90 Å². The Morgan fingerprint density at radius 3 is 2.84 bits per heavy atom. The van der Waals surface area contributed by atoms with E-state index in [0.717, 1.165) is 12.2 Å². The van der Waals surface area contributed by atoms with Crippen molar-refractivity contribution in [2.24, 2.45) is 0 Å². The maximum Gasteiger partial charge on any atom is 0.237 e. The smallest absolute Gasteiger partial charge is 0.237 e. The van der Waals surface area contributed by atoms with Crippen LogP contribution in [-0.4, -0.2) is 49.8 Å². The molecule has 3 N–H and O–H groups in total. The first-order chi connectivity index (χ1) is 9.16. The van der Waals surface area contributed by atoms with E-state index in [-0.39, 0.29) is 11.9 Å². The van der Waals surface area contributed by atoms with E-state index in [1.807, 2.05) is 37.4 Å². The van der Waals surface area contributed by atoms with Crippen molar-refractivity contribution in [3.8, 4) is 0 Å². The molecule has 0 aromatic heterocycles. The van der Waals surface area contributed by atoms with Gasteiger partial charge in [0.15, 0.2) is 0 Å². The van der Waals surface area contributed by atoms with Crippen LogP contribution in [0.2, 0.25) is 0 Å². The van der Waals surface area contributed by atoms with Gasteiger partial charge in [0.1, 0.15) is 0 Å². The lowest BCUT2D eigenvalue weighted by molar-refractivity contribution is -0.122. The van der Waals surface area contributed by atoms with E-state index in [2.05, 4.69) is 15.5 Å². The van der Waals surface area contributed by atoms with Crippen LogP contribution in [-0.2, 0) is 4.79 Å². The van der Waals surface area contributed by atoms with Crippen LogP contribution in [0.1, 0.15) is 6.42 Å². The minimum Gasteiger partial charge on any atom is -0.392 e. The summed E-state index contributed by atoms with van der Waals surface area (Å²) in [6.45, 7) is 1.85. The summed E-state index contributed by atoms with van der Waals surface area (Å²) >= 11 is 0. The van der Waals surface area contributed by atoms with Gasteiger partial charge in [0.25, 0.3) is 0 Å². The number of amides is 1. The molecule has 1 aliphatic heterocycles. The molecule has 0 spiro atoms. The third kappa shape index (κ3) is 3.94. The molecule has 1 amide bonds. The molecule has 0 saturated carbocycles. The summed E-state index contributed by atoms with van der Waals surface area (Å²) in [6.07, 6.45) is 0.100. The summed E-state index contributed by atoms with van der Waals surface area (Å²) in [5.41, 5.74) is 1.13. The fourth-order valence-electron chi connectivity index (χ4n) is 2.20. The number of β-amino-alcohol motifs (C(OH)–C–C–N with tert-alkyl or cyclic N) is 1. The van der Waals surface area contributed by atoms with Gasteiger partial charge < -0.3 is 20.6 Å². The van der Waals surface area contributed by atoms with Gasteiger partial charge in [-0.25, -0.2) is 0 Å². The molecule has 19 heavy (non-hydrogen) atoms. The van der Waals surface area contributed by atoms with Gasteiger partial charge in [0.2, 0.25) is 5.91 Å². The molecule has 5 heteroatoms. The summed E-state index contributed by atoms with van der Waals surface area (Å²) in [5.74, 6) is -0.0296. The van der Waals surface area contributed by atoms with E-state index >= 15 is 0 Å². The van der Waals surface area contributed by atoms with Crippen LogP contribution in [0.15, 0.2) is 30.3 Å². The Balaban J connectivity index is 1.70. The van der Waals surface area contributed by atoms with Crippen LogP contribution in [0.4, 0.5) is 5.69 Å². The average Bonchev–Trinajstić information content (AvgIpc) is 2.86. The van der Waals surface area contributed by atoms with E-state index in [1.165, 1.54) is 0 Å². The Kier molecular flexibility index (Phi) is 4.76. The van der Waals surface area contributed by atoms with Crippen LogP contribution >= 0.6 is 0 Å². The van der Waals surface area contributed by atoms with Crippen molar-refractivity contribution in [3.63, 3.8) is 0 Å². The molecule has 1 saturated heterocycles. The van der Waals surface area contributed by atoms with Gasteiger partial charge in [-0.05, 0) is 18.6 Å².